The first-order valence-corrected chi connectivity index (χ1v) is 29.9. The highest BCUT2D eigenvalue weighted by Crippen LogP contribution is 2.59. The van der Waals surface area contributed by atoms with Gasteiger partial charge in [-0.2, -0.15) is 0 Å². The Hall–Kier alpha value is -1.21. The summed E-state index contributed by atoms with van der Waals surface area (Å²) in [5.74, 6) is 9.00. The Balaban J connectivity index is 1.54. The monoisotopic (exact) mass is 763 g/mol. The molecule has 0 spiro atoms. The Kier molecular flexibility index (Phi) is 13.2. The Morgan fingerprint density at radius 3 is 1.94 bits per heavy atom. The van der Waals surface area contributed by atoms with E-state index in [-0.39, 0.29) is 27.9 Å². The fraction of sp³-hybridized carbons (Fsp3) is 0.739. The van der Waals surface area contributed by atoms with Crippen LogP contribution in [0.4, 0.5) is 0 Å². The van der Waals surface area contributed by atoms with Gasteiger partial charge < -0.3 is 13.3 Å². The van der Waals surface area contributed by atoms with Crippen LogP contribution in [-0.4, -0.2) is 37.2 Å². The second-order valence-corrected chi connectivity index (χ2v) is 35.6. The molecule has 0 amide bonds. The highest BCUT2D eigenvalue weighted by Gasteiger charge is 2.50. The molecular weight excluding hydrogens is 685 g/mol. The predicted octanol–water partition coefficient (Wildman–Crippen LogP) is 13.8. The second kappa shape index (κ2) is 15.7. The molecule has 0 saturated heterocycles. The number of rotatable bonds is 9. The lowest BCUT2D eigenvalue weighted by molar-refractivity contribution is 0.0725. The van der Waals surface area contributed by atoms with Crippen LogP contribution in [-0.2, 0) is 18.9 Å². The highest BCUT2D eigenvalue weighted by atomic mass is 28.4. The number of benzene rings is 1. The van der Waals surface area contributed by atoms with Crippen LogP contribution in [0.5, 0.6) is 0 Å². The molecule has 3 aliphatic rings. The average molecular weight is 763 g/mol. The van der Waals surface area contributed by atoms with Gasteiger partial charge in [0.2, 0.25) is 0 Å². The van der Waals surface area contributed by atoms with Gasteiger partial charge in [0.15, 0.2) is 25.0 Å². The summed E-state index contributed by atoms with van der Waals surface area (Å²) in [5.41, 5.74) is 5.51. The van der Waals surface area contributed by atoms with Gasteiger partial charge in [0.1, 0.15) is 0 Å². The maximum Gasteiger partial charge on any atom is 0.192 e. The summed E-state index contributed by atoms with van der Waals surface area (Å²) < 4.78 is 20.8. The first-order chi connectivity index (χ1) is 23.6. The molecule has 0 unspecified atom stereocenters. The quantitative estimate of drug-likeness (QED) is 0.185. The number of fused-ring (bicyclic) bond motifs is 1. The van der Waals surface area contributed by atoms with Gasteiger partial charge in [-0.25, -0.2) is 0 Å². The van der Waals surface area contributed by atoms with E-state index in [4.69, 9.17) is 13.3 Å². The summed E-state index contributed by atoms with van der Waals surface area (Å²) in [7, 11) is -5.48. The summed E-state index contributed by atoms with van der Waals surface area (Å²) in [4.78, 5) is 0. The molecule has 3 nitrogen and oxygen atoms in total. The third-order valence-electron chi connectivity index (χ3n) is 13.8. The largest absolute Gasteiger partial charge is 0.414 e. The highest BCUT2D eigenvalue weighted by molar-refractivity contribution is 6.74. The minimum Gasteiger partial charge on any atom is -0.414 e. The van der Waals surface area contributed by atoms with E-state index in [2.05, 4.69) is 163 Å². The van der Waals surface area contributed by atoms with Gasteiger partial charge in [0, 0.05) is 11.5 Å². The summed E-state index contributed by atoms with van der Waals surface area (Å²) >= 11 is 0. The molecule has 292 valence electrons. The summed E-state index contributed by atoms with van der Waals surface area (Å²) in [5, 5.41) is 0.394. The number of hydrogen-bond donors (Lipinski definition) is 0. The summed E-state index contributed by atoms with van der Waals surface area (Å²) in [6.45, 7) is 39.9. The van der Waals surface area contributed by atoms with Gasteiger partial charge in [-0.15, -0.1) is 0 Å². The zero-order valence-corrected chi connectivity index (χ0v) is 39.7. The minimum absolute atomic E-state index is 0.197. The van der Waals surface area contributed by atoms with E-state index in [1.165, 1.54) is 43.2 Å². The minimum atomic E-state index is -1.90. The van der Waals surface area contributed by atoms with Crippen molar-refractivity contribution in [3.63, 3.8) is 0 Å². The predicted molar refractivity (Wildman–Crippen MR) is 232 cm³/mol. The molecule has 52 heavy (non-hydrogen) atoms. The van der Waals surface area contributed by atoms with E-state index in [1.54, 1.807) is 5.57 Å². The Morgan fingerprint density at radius 1 is 0.827 bits per heavy atom. The van der Waals surface area contributed by atoms with E-state index >= 15 is 0 Å². The normalized spacial score (nSPS) is 27.9. The molecule has 4 rings (SSSR count). The zero-order valence-electron chi connectivity index (χ0n) is 36.7. The van der Waals surface area contributed by atoms with Gasteiger partial charge in [-0.1, -0.05) is 103 Å². The fourth-order valence-corrected chi connectivity index (χ4v) is 13.4. The molecule has 3 fully saturated rings. The Bertz CT molecular complexity index is 1480. The van der Waals surface area contributed by atoms with Crippen molar-refractivity contribution in [1.82, 2.24) is 0 Å². The molecule has 1 aromatic carbocycles. The van der Waals surface area contributed by atoms with Gasteiger partial charge in [0.05, 0.1) is 17.8 Å². The van der Waals surface area contributed by atoms with Gasteiger partial charge in [-0.05, 0) is 156 Å². The van der Waals surface area contributed by atoms with Crippen LogP contribution < -0.4 is 0 Å². The van der Waals surface area contributed by atoms with Crippen LogP contribution in [0.3, 0.4) is 0 Å². The molecule has 1 aromatic rings. The zero-order chi connectivity index (χ0) is 39.1. The SMILES string of the molecule is C[C@H](C#Cc1cccc(C(C)(C)O[Si](C)(C)C)c1)[C@H]1CC[C@H]2/C(=C/C=C3C[C@@H](O[Si](C)(C)C(C)(C)C)C[C@H](O[Si](C)(C)C(C)(C)C)C3)CCC[C@]12C. The molecule has 6 atom stereocenters. The number of allylic oxidation sites excluding steroid dienone is 3. The maximum atomic E-state index is 7.11. The van der Waals surface area contributed by atoms with Crippen molar-refractivity contribution in [2.75, 3.05) is 0 Å². The third-order valence-corrected chi connectivity index (χ3v) is 24.0. The second-order valence-electron chi connectivity index (χ2n) is 21.7. The molecule has 0 N–H and O–H groups in total. The Morgan fingerprint density at radius 2 is 1.40 bits per heavy atom. The molecular formula is C46H78O3Si3. The van der Waals surface area contributed by atoms with Crippen molar-refractivity contribution < 1.29 is 13.3 Å². The van der Waals surface area contributed by atoms with Crippen LogP contribution >= 0.6 is 0 Å². The summed E-state index contributed by atoms with van der Waals surface area (Å²) in [6.07, 6.45) is 15.0. The number of hydrogen-bond acceptors (Lipinski definition) is 3. The lowest BCUT2D eigenvalue weighted by atomic mass is 9.61. The summed E-state index contributed by atoms with van der Waals surface area (Å²) in [6, 6.07) is 8.76. The van der Waals surface area contributed by atoms with Crippen molar-refractivity contribution in [2.24, 2.45) is 23.2 Å². The molecule has 6 heteroatoms. The van der Waals surface area contributed by atoms with E-state index in [0.29, 0.717) is 23.2 Å². The van der Waals surface area contributed by atoms with Crippen molar-refractivity contribution in [3.05, 3.63) is 58.7 Å². The molecule has 0 aromatic heterocycles. The molecule has 0 aliphatic heterocycles. The van der Waals surface area contributed by atoms with Gasteiger partial charge in [-0.3, -0.25) is 0 Å². The lowest BCUT2D eigenvalue weighted by Gasteiger charge is -2.45. The van der Waals surface area contributed by atoms with Gasteiger partial charge >= 0.3 is 0 Å². The van der Waals surface area contributed by atoms with Gasteiger partial charge in [0.25, 0.3) is 0 Å². The van der Waals surface area contributed by atoms with E-state index in [1.807, 2.05) is 0 Å². The van der Waals surface area contributed by atoms with E-state index in [0.717, 1.165) is 24.8 Å². The standard InChI is InChI=1S/C46H78O3Si3/c1-34(23-24-35-20-18-22-38(30-35)45(8,9)49-50(11,12)13)41-27-28-42-37(21-19-29-46(41,42)10)26-25-36-31-39(47-51(14,15)43(2,3)4)33-40(32-36)48-52(16,17)44(5,6)7/h18,20,22,25-26,30,34,39-42H,19,21,27-29,31-33H2,1-17H3/b37-26+/t34-,39-,40-,41-,42+,46-/m1/s1. The van der Waals surface area contributed by atoms with Crippen LogP contribution in [0.1, 0.15) is 132 Å². The van der Waals surface area contributed by atoms with Crippen LogP contribution in [0, 0.1) is 35.0 Å². The molecule has 0 bridgehead atoms. The van der Waals surface area contributed by atoms with Crippen molar-refractivity contribution >= 4 is 25.0 Å². The van der Waals surface area contributed by atoms with Crippen LogP contribution in [0.25, 0.3) is 0 Å². The molecule has 0 heterocycles. The van der Waals surface area contributed by atoms with Crippen molar-refractivity contribution in [1.29, 1.82) is 0 Å². The Labute approximate surface area is 324 Å². The first kappa shape index (κ1) is 43.5. The lowest BCUT2D eigenvalue weighted by Crippen LogP contribution is -2.48. The van der Waals surface area contributed by atoms with Crippen LogP contribution in [0.15, 0.2) is 47.6 Å². The topological polar surface area (TPSA) is 27.7 Å². The third kappa shape index (κ3) is 10.5. The average Bonchev–Trinajstić information content (AvgIpc) is 3.33. The molecule has 3 saturated carbocycles. The fourth-order valence-electron chi connectivity index (χ4n) is 9.05. The van der Waals surface area contributed by atoms with Crippen molar-refractivity contribution in [2.45, 2.75) is 194 Å². The smallest absolute Gasteiger partial charge is 0.192 e. The molecule has 0 radical (unpaired) electrons. The van der Waals surface area contributed by atoms with E-state index in [9.17, 15) is 0 Å². The van der Waals surface area contributed by atoms with Crippen molar-refractivity contribution in [3.8, 4) is 11.8 Å². The molecule has 3 aliphatic carbocycles. The first-order valence-electron chi connectivity index (χ1n) is 20.7. The maximum absolute atomic E-state index is 7.11. The van der Waals surface area contributed by atoms with E-state index < -0.39 is 25.0 Å². The van der Waals surface area contributed by atoms with Crippen LogP contribution in [0.2, 0.25) is 55.9 Å².